The average molecular weight is 885 g/mol. The van der Waals surface area contributed by atoms with E-state index in [0.29, 0.717) is 63.6 Å². The Bertz CT molecular complexity index is 3740. The molecular formula is C62H56N6. The van der Waals surface area contributed by atoms with Gasteiger partial charge in [-0.05, 0) is 230 Å². The molecule has 0 N–H and O–H groups in total. The van der Waals surface area contributed by atoms with Crippen LogP contribution in [0.2, 0.25) is 0 Å². The summed E-state index contributed by atoms with van der Waals surface area (Å²) in [6, 6.07) is 0.308. The van der Waals surface area contributed by atoms with E-state index in [2.05, 4.69) is 34.0 Å². The standard InChI is InChI=1S/C62H56N6/c1-22-2-24-3-23(1)5-25(4-22)54-42(24)46-38(18-63-54)67-39-19-64-56-27-7-30-10-33-13-36(61(30,33)16-27)44(56)48(39)52-53-49-41(21-66-57-28-8-31-11-34-14-37(45(49)57)62(31,34)17-28)68-40-20-65-55-26-6-29-9-32-12-35(60(29,32)15-26)43(55)47(40)51(59(53)68)50(46)58(52)67/h18-37,39,41H,1-17H2. The Morgan fingerprint density at radius 1 is 0.412 bits per heavy atom. The summed E-state index contributed by atoms with van der Waals surface area (Å²) in [5.74, 6) is 12.7. The molecule has 3 spiro atoms. The molecule has 6 nitrogen and oxygen atoms in total. The van der Waals surface area contributed by atoms with Gasteiger partial charge in [-0.2, -0.15) is 0 Å². The van der Waals surface area contributed by atoms with Gasteiger partial charge >= 0.3 is 0 Å². The second-order valence-electron chi connectivity index (χ2n) is 28.7. The van der Waals surface area contributed by atoms with Crippen LogP contribution in [0.25, 0.3) is 54.8 Å². The monoisotopic (exact) mass is 884 g/mol. The second kappa shape index (κ2) is 9.47. The van der Waals surface area contributed by atoms with Gasteiger partial charge in [-0.25, -0.2) is 0 Å². The zero-order valence-corrected chi connectivity index (χ0v) is 38.9. The molecule has 11 fully saturated rings. The van der Waals surface area contributed by atoms with Crippen molar-refractivity contribution in [3.8, 4) is 0 Å². The minimum Gasteiger partial charge on any atom is -0.326 e. The number of aliphatic imine (C=N–C) groups is 2. The third kappa shape index (κ3) is 2.80. The van der Waals surface area contributed by atoms with Gasteiger partial charge in [-0.3, -0.25) is 20.0 Å². The maximum Gasteiger partial charge on any atom is 0.0957 e. The number of allylic oxidation sites excluding steroid dienone is 4. The van der Waals surface area contributed by atoms with Gasteiger partial charge in [-0.1, -0.05) is 0 Å². The summed E-state index contributed by atoms with van der Waals surface area (Å²) >= 11 is 0. The first kappa shape index (κ1) is 33.3. The first-order valence-corrected chi connectivity index (χ1v) is 28.8. The van der Waals surface area contributed by atoms with Gasteiger partial charge in [0, 0.05) is 90.9 Å². The van der Waals surface area contributed by atoms with Crippen molar-refractivity contribution < 1.29 is 0 Å². The largest absolute Gasteiger partial charge is 0.326 e. The molecule has 4 aliphatic heterocycles. The van der Waals surface area contributed by atoms with Crippen molar-refractivity contribution in [2.75, 3.05) is 0 Å². The molecule has 1 aromatic carbocycles. The summed E-state index contributed by atoms with van der Waals surface area (Å²) in [6.07, 6.45) is 34.1. The van der Waals surface area contributed by atoms with E-state index in [4.69, 9.17) is 20.0 Å². The molecule has 16 aliphatic carbocycles. The molecule has 0 radical (unpaired) electrons. The highest BCUT2D eigenvalue weighted by Gasteiger charge is 2.76. The van der Waals surface area contributed by atoms with Crippen LogP contribution in [0, 0.1) is 87.3 Å². The Morgan fingerprint density at radius 2 is 0.882 bits per heavy atom. The third-order valence-corrected chi connectivity index (χ3v) is 28.2. The first-order chi connectivity index (χ1) is 33.6. The Hall–Kier alpha value is -4.32. The fourth-order valence-corrected chi connectivity index (χ4v) is 26.5. The fraction of sp³-hybridized carbons (Fsp3) is 0.613. The van der Waals surface area contributed by atoms with Crippen molar-refractivity contribution in [1.29, 1.82) is 0 Å². The van der Waals surface area contributed by atoms with Crippen LogP contribution in [0.5, 0.6) is 0 Å². The molecule has 8 heterocycles. The topological polar surface area (TPSA) is 60.4 Å². The van der Waals surface area contributed by atoms with Crippen molar-refractivity contribution in [3.63, 3.8) is 0 Å². The number of benzene rings is 1. The molecule has 10 bridgehead atoms. The smallest absolute Gasteiger partial charge is 0.0957 e. The number of nitrogens with zero attached hydrogens (tertiary/aromatic N) is 6. The zero-order valence-electron chi connectivity index (χ0n) is 38.9. The summed E-state index contributed by atoms with van der Waals surface area (Å²) in [5.41, 5.74) is 24.4. The van der Waals surface area contributed by atoms with Crippen LogP contribution < -0.4 is 10.4 Å². The summed E-state index contributed by atoms with van der Waals surface area (Å²) in [6.45, 7) is 0. The highest BCUT2D eigenvalue weighted by Crippen LogP contribution is 2.84. The van der Waals surface area contributed by atoms with Crippen LogP contribution in [-0.4, -0.2) is 31.5 Å². The lowest BCUT2D eigenvalue weighted by Gasteiger charge is -2.68. The Kier molecular flexibility index (Phi) is 4.64. The van der Waals surface area contributed by atoms with Gasteiger partial charge in [0.1, 0.15) is 0 Å². The molecule has 19 unspecified atom stereocenters. The molecule has 20 aliphatic rings. The van der Waals surface area contributed by atoms with Gasteiger partial charge in [0.2, 0.25) is 0 Å². The van der Waals surface area contributed by atoms with E-state index < -0.39 is 0 Å². The fourth-order valence-electron chi connectivity index (χ4n) is 26.5. The number of fused-ring (bicyclic) bond motifs is 25. The Morgan fingerprint density at radius 3 is 1.46 bits per heavy atom. The molecular weight excluding hydrogens is 829 g/mol. The van der Waals surface area contributed by atoms with Crippen molar-refractivity contribution in [1.82, 2.24) is 19.1 Å². The van der Waals surface area contributed by atoms with Gasteiger partial charge in [0.15, 0.2) is 0 Å². The highest BCUT2D eigenvalue weighted by molar-refractivity contribution is 6.32. The molecule has 0 saturated heterocycles. The Balaban J connectivity index is 0.949. The molecule has 4 aromatic heterocycles. The lowest BCUT2D eigenvalue weighted by atomic mass is 9.36. The lowest BCUT2D eigenvalue weighted by Crippen LogP contribution is -2.62. The van der Waals surface area contributed by atoms with Gasteiger partial charge in [-0.15, -0.1) is 0 Å². The van der Waals surface area contributed by atoms with E-state index >= 15 is 0 Å². The molecule has 11 saturated carbocycles. The minimum atomic E-state index is 0.153. The third-order valence-electron chi connectivity index (χ3n) is 28.2. The van der Waals surface area contributed by atoms with Crippen LogP contribution in [0.4, 0.5) is 0 Å². The summed E-state index contributed by atoms with van der Waals surface area (Å²) < 4.78 is 5.91. The summed E-state index contributed by atoms with van der Waals surface area (Å²) in [7, 11) is 0. The molecule has 0 amide bonds. The van der Waals surface area contributed by atoms with Crippen LogP contribution in [0.1, 0.15) is 167 Å². The second-order valence-corrected chi connectivity index (χ2v) is 28.7. The average Bonchev–Trinajstić information content (AvgIpc) is 4.20. The lowest BCUT2D eigenvalue weighted by molar-refractivity contribution is -0.165. The predicted octanol–water partition coefficient (Wildman–Crippen LogP) is 11.3. The van der Waals surface area contributed by atoms with E-state index in [9.17, 15) is 0 Å². The van der Waals surface area contributed by atoms with Crippen molar-refractivity contribution in [2.45, 2.75) is 145 Å². The van der Waals surface area contributed by atoms with E-state index in [1.807, 2.05) is 0 Å². The van der Waals surface area contributed by atoms with E-state index in [1.165, 1.54) is 143 Å². The maximum atomic E-state index is 5.82. The number of aromatic nitrogens is 4. The first-order valence-electron chi connectivity index (χ1n) is 28.8. The van der Waals surface area contributed by atoms with Crippen LogP contribution in [0.15, 0.2) is 44.9 Å². The summed E-state index contributed by atoms with van der Waals surface area (Å²) in [5, 5.41) is 9.97. The summed E-state index contributed by atoms with van der Waals surface area (Å²) in [4.78, 5) is 23.3. The molecule has 25 rings (SSSR count). The molecule has 68 heavy (non-hydrogen) atoms. The predicted molar refractivity (Wildman–Crippen MR) is 262 cm³/mol. The normalized spacial score (nSPS) is 51.9. The van der Waals surface area contributed by atoms with Gasteiger partial charge < -0.3 is 9.13 Å². The van der Waals surface area contributed by atoms with Crippen molar-refractivity contribution in [2.24, 2.45) is 97.2 Å². The number of rotatable bonds is 0. The van der Waals surface area contributed by atoms with E-state index in [0.717, 1.165) is 47.3 Å². The van der Waals surface area contributed by atoms with Crippen LogP contribution in [-0.2, 0) is 0 Å². The number of pyridine rings is 2. The number of hydrogen-bond donors (Lipinski definition) is 0. The van der Waals surface area contributed by atoms with E-state index in [-0.39, 0.29) is 12.1 Å². The minimum absolute atomic E-state index is 0.153. The van der Waals surface area contributed by atoms with Crippen LogP contribution in [0.3, 0.4) is 0 Å². The van der Waals surface area contributed by atoms with Gasteiger partial charge in [0.05, 0.1) is 46.5 Å². The van der Waals surface area contributed by atoms with Crippen molar-refractivity contribution >= 4 is 67.2 Å². The molecule has 334 valence electrons. The highest BCUT2D eigenvalue weighted by atomic mass is 15.1. The van der Waals surface area contributed by atoms with E-state index in [1.54, 1.807) is 76.4 Å². The maximum absolute atomic E-state index is 5.82. The van der Waals surface area contributed by atoms with Crippen LogP contribution >= 0.6 is 0 Å². The molecule has 5 aromatic rings. The zero-order chi connectivity index (χ0) is 42.3. The Labute approximate surface area is 394 Å². The number of hydrogen-bond acceptors (Lipinski definition) is 4. The van der Waals surface area contributed by atoms with Crippen molar-refractivity contribution in [3.05, 3.63) is 67.9 Å². The quantitative estimate of drug-likeness (QED) is 0.156. The molecule has 6 heteroatoms. The van der Waals surface area contributed by atoms with Gasteiger partial charge in [0.25, 0.3) is 0 Å². The SMILES string of the molecule is C1=NC2=C(C3=c4c5c6c(c7c8c(ncc7n6C6C=NC7=C(C=56)C5CC6CC9CC7CC965)C5CC6CC7CC8C67C5)c5c6c7c(ncc6n(c45)C13)C1CC3CC(C1)CC7C3)C1CC3CC4CC2CC431. The molecule has 19 atom stereocenters.